The lowest BCUT2D eigenvalue weighted by Gasteiger charge is -2.36. The highest BCUT2D eigenvalue weighted by atomic mass is 19.4. The summed E-state index contributed by atoms with van der Waals surface area (Å²) in [7, 11) is 0. The minimum atomic E-state index is -4.67. The van der Waals surface area contributed by atoms with Crippen LogP contribution in [0.5, 0.6) is 0 Å². The lowest BCUT2D eigenvalue weighted by Crippen LogP contribution is -2.45. The molecule has 0 aromatic carbocycles. The Bertz CT molecular complexity index is 751. The summed E-state index contributed by atoms with van der Waals surface area (Å²) in [4.78, 5) is 29.8. The maximum atomic E-state index is 12.6. The quantitative estimate of drug-likeness (QED) is 0.797. The first-order valence-electron chi connectivity index (χ1n) is 9.45. The van der Waals surface area contributed by atoms with Crippen LogP contribution in [-0.2, 0) is 15.7 Å². The molecule has 0 radical (unpaired) electrons. The van der Waals surface area contributed by atoms with Crippen LogP contribution in [0.4, 0.5) is 13.2 Å². The summed E-state index contributed by atoms with van der Waals surface area (Å²) < 4.78 is 43.0. The molecule has 3 heterocycles. The molecule has 2 N–H and O–H groups in total. The minimum Gasteiger partial charge on any atom is -0.381 e. The Kier molecular flexibility index (Phi) is 4.80. The van der Waals surface area contributed by atoms with Gasteiger partial charge in [0.15, 0.2) is 0 Å². The van der Waals surface area contributed by atoms with Crippen LogP contribution < -0.4 is 5.32 Å². The van der Waals surface area contributed by atoms with E-state index in [0.717, 1.165) is 32.1 Å². The summed E-state index contributed by atoms with van der Waals surface area (Å²) in [5, 5.41) is 7.83. The van der Waals surface area contributed by atoms with Crippen LogP contribution in [0.2, 0.25) is 0 Å². The van der Waals surface area contributed by atoms with E-state index in [0.29, 0.717) is 26.3 Å². The maximum Gasteiger partial charge on any atom is 0.451 e. The Morgan fingerprint density at radius 1 is 1.21 bits per heavy atom. The number of piperidine rings is 1. The van der Waals surface area contributed by atoms with Crippen LogP contribution in [-0.4, -0.2) is 64.2 Å². The molecule has 28 heavy (non-hydrogen) atoms. The zero-order chi connectivity index (χ0) is 19.9. The first-order valence-corrected chi connectivity index (χ1v) is 9.45. The number of hydrogen-bond donors (Lipinski definition) is 2. The van der Waals surface area contributed by atoms with Crippen molar-refractivity contribution in [3.63, 3.8) is 0 Å². The average Bonchev–Trinajstić information content (AvgIpc) is 3.09. The number of aromatic amines is 1. The summed E-state index contributed by atoms with van der Waals surface area (Å²) >= 11 is 0. The molecule has 154 valence electrons. The lowest BCUT2D eigenvalue weighted by molar-refractivity contribution is -0.144. The van der Waals surface area contributed by atoms with E-state index in [9.17, 15) is 22.8 Å². The number of rotatable bonds is 3. The molecular weight excluding hydrogens is 379 g/mol. The molecule has 1 aromatic heterocycles. The van der Waals surface area contributed by atoms with Gasteiger partial charge in [-0.2, -0.15) is 18.2 Å². The van der Waals surface area contributed by atoms with Gasteiger partial charge < -0.3 is 15.0 Å². The van der Waals surface area contributed by atoms with E-state index in [1.54, 1.807) is 5.10 Å². The topological polar surface area (TPSA) is 100 Å². The average molecular weight is 401 g/mol. The van der Waals surface area contributed by atoms with Crippen LogP contribution >= 0.6 is 0 Å². The Labute approximate surface area is 159 Å². The Balaban J connectivity index is 1.28. The largest absolute Gasteiger partial charge is 0.451 e. The standard InChI is InChI=1S/C17H22F3N5O3/c18-17(19,20)15-22-12(23-24-15)13(26)21-11-9-16(11)3-5-25(6-4-16)14(27)10-1-7-28-8-2-10/h10-11H,1-9H2,(H,21,26)(H,22,23,24). The molecule has 3 aliphatic rings. The highest BCUT2D eigenvalue weighted by Gasteiger charge is 2.56. The summed E-state index contributed by atoms with van der Waals surface area (Å²) in [6.45, 7) is 2.53. The van der Waals surface area contributed by atoms with Gasteiger partial charge in [-0.15, -0.1) is 5.10 Å². The van der Waals surface area contributed by atoms with Gasteiger partial charge in [-0.05, 0) is 37.5 Å². The zero-order valence-corrected chi connectivity index (χ0v) is 15.2. The van der Waals surface area contributed by atoms with Crippen LogP contribution in [0.1, 0.15) is 48.5 Å². The van der Waals surface area contributed by atoms with Gasteiger partial charge in [0.2, 0.25) is 17.6 Å². The molecule has 2 saturated heterocycles. The predicted molar refractivity (Wildman–Crippen MR) is 89.0 cm³/mol. The number of carbonyl (C=O) groups is 2. The zero-order valence-electron chi connectivity index (χ0n) is 15.2. The van der Waals surface area contributed by atoms with Crippen molar-refractivity contribution in [1.82, 2.24) is 25.4 Å². The van der Waals surface area contributed by atoms with Gasteiger partial charge in [-0.1, -0.05) is 0 Å². The summed E-state index contributed by atoms with van der Waals surface area (Å²) in [5.74, 6) is -2.30. The Morgan fingerprint density at radius 2 is 1.89 bits per heavy atom. The molecule has 1 saturated carbocycles. The van der Waals surface area contributed by atoms with Crippen molar-refractivity contribution >= 4 is 11.8 Å². The van der Waals surface area contributed by atoms with E-state index in [2.05, 4.69) is 15.4 Å². The molecule has 1 spiro atoms. The second-order valence-corrected chi connectivity index (χ2v) is 7.81. The van der Waals surface area contributed by atoms with Crippen LogP contribution in [0.25, 0.3) is 0 Å². The maximum absolute atomic E-state index is 12.6. The van der Waals surface area contributed by atoms with E-state index in [-0.39, 0.29) is 23.3 Å². The SMILES string of the molecule is O=C(NC1CC12CCN(C(=O)C1CCOCC1)CC2)c1n[nH]c(C(F)(F)F)n1. The van der Waals surface area contributed by atoms with E-state index in [1.165, 1.54) is 0 Å². The van der Waals surface area contributed by atoms with Crippen molar-refractivity contribution in [2.75, 3.05) is 26.3 Å². The van der Waals surface area contributed by atoms with Crippen molar-refractivity contribution in [3.8, 4) is 0 Å². The van der Waals surface area contributed by atoms with Gasteiger partial charge in [0.25, 0.3) is 5.91 Å². The molecule has 4 rings (SSSR count). The van der Waals surface area contributed by atoms with Gasteiger partial charge >= 0.3 is 6.18 Å². The Morgan fingerprint density at radius 3 is 2.50 bits per heavy atom. The number of amides is 2. The van der Waals surface area contributed by atoms with Crippen LogP contribution in [0.15, 0.2) is 0 Å². The first-order chi connectivity index (χ1) is 13.3. The molecule has 1 unspecified atom stereocenters. The number of nitrogens with one attached hydrogen (secondary N) is 2. The number of likely N-dealkylation sites (tertiary alicyclic amines) is 1. The third-order valence-electron chi connectivity index (χ3n) is 6.09. The molecule has 1 aliphatic carbocycles. The summed E-state index contributed by atoms with van der Waals surface area (Å²) in [6.07, 6.45) is -0.848. The number of alkyl halides is 3. The van der Waals surface area contributed by atoms with Gasteiger partial charge in [-0.3, -0.25) is 14.7 Å². The van der Waals surface area contributed by atoms with Crippen molar-refractivity contribution in [1.29, 1.82) is 0 Å². The number of nitrogens with zero attached hydrogens (tertiary/aromatic N) is 3. The van der Waals surface area contributed by atoms with E-state index >= 15 is 0 Å². The van der Waals surface area contributed by atoms with Gasteiger partial charge in [0, 0.05) is 38.3 Å². The molecule has 2 amide bonds. The van der Waals surface area contributed by atoms with Crippen molar-refractivity contribution < 1.29 is 27.5 Å². The van der Waals surface area contributed by atoms with Crippen molar-refractivity contribution in [2.24, 2.45) is 11.3 Å². The summed E-state index contributed by atoms with van der Waals surface area (Å²) in [5.41, 5.74) is -0.0781. The van der Waals surface area contributed by atoms with Crippen molar-refractivity contribution in [3.05, 3.63) is 11.6 Å². The fourth-order valence-corrected chi connectivity index (χ4v) is 4.19. The second kappa shape index (κ2) is 7.02. The van der Waals surface area contributed by atoms with Gasteiger partial charge in [-0.25, -0.2) is 0 Å². The predicted octanol–water partition coefficient (Wildman–Crippen LogP) is 1.36. The minimum absolute atomic E-state index is 0.0334. The molecule has 8 nitrogen and oxygen atoms in total. The van der Waals surface area contributed by atoms with Crippen molar-refractivity contribution in [2.45, 2.75) is 44.3 Å². The van der Waals surface area contributed by atoms with Gasteiger partial charge in [0.1, 0.15) is 0 Å². The third-order valence-corrected chi connectivity index (χ3v) is 6.09. The van der Waals surface area contributed by atoms with Gasteiger partial charge in [0.05, 0.1) is 0 Å². The van der Waals surface area contributed by atoms with E-state index in [4.69, 9.17) is 4.74 Å². The summed E-state index contributed by atoms with van der Waals surface area (Å²) in [6, 6.07) is -0.117. The molecule has 3 fully saturated rings. The fraction of sp³-hybridized carbons (Fsp3) is 0.765. The molecule has 1 aromatic rings. The number of carbonyl (C=O) groups excluding carboxylic acids is 2. The molecule has 2 aliphatic heterocycles. The third kappa shape index (κ3) is 3.71. The normalized spacial score (nSPS) is 25.0. The van der Waals surface area contributed by atoms with E-state index < -0.39 is 23.7 Å². The molecule has 11 heteroatoms. The number of hydrogen-bond acceptors (Lipinski definition) is 5. The number of H-pyrrole nitrogens is 1. The highest BCUT2D eigenvalue weighted by molar-refractivity contribution is 5.90. The fourth-order valence-electron chi connectivity index (χ4n) is 4.19. The van der Waals surface area contributed by atoms with Crippen LogP contribution in [0.3, 0.4) is 0 Å². The monoisotopic (exact) mass is 401 g/mol. The smallest absolute Gasteiger partial charge is 0.381 e. The molecule has 0 bridgehead atoms. The first kappa shape index (κ1) is 19.2. The highest BCUT2D eigenvalue weighted by Crippen LogP contribution is 2.54. The number of halogens is 3. The second-order valence-electron chi connectivity index (χ2n) is 7.81. The van der Waals surface area contributed by atoms with Crippen LogP contribution in [0, 0.1) is 11.3 Å². The number of ether oxygens (including phenoxy) is 1. The molecular formula is C17H22F3N5O3. The molecule has 1 atom stereocenters. The Hall–Kier alpha value is -2.17. The van der Waals surface area contributed by atoms with E-state index in [1.807, 2.05) is 4.90 Å². The lowest BCUT2D eigenvalue weighted by atomic mass is 9.90. The number of aromatic nitrogens is 3.